The predicted molar refractivity (Wildman–Crippen MR) is 102 cm³/mol. The van der Waals surface area contributed by atoms with Crippen LogP contribution in [0.2, 0.25) is 0 Å². The van der Waals surface area contributed by atoms with Gasteiger partial charge in [-0.1, -0.05) is 30.3 Å². The summed E-state index contributed by atoms with van der Waals surface area (Å²) >= 11 is 3.63. The molecule has 5 nitrogen and oxygen atoms in total. The zero-order chi connectivity index (χ0) is 19.8. The topological polar surface area (TPSA) is 83.5 Å². The fraction of sp³-hybridized carbons (Fsp3) is 0. The Hall–Kier alpha value is -2.30. The highest BCUT2D eigenvalue weighted by Crippen LogP contribution is 2.36. The van der Waals surface area contributed by atoms with Gasteiger partial charge in [0.1, 0.15) is 21.4 Å². The van der Waals surface area contributed by atoms with Gasteiger partial charge in [0, 0.05) is 4.88 Å². The molecule has 1 heterocycles. The lowest BCUT2D eigenvalue weighted by atomic mass is 10.2. The Labute approximate surface area is 165 Å². The lowest BCUT2D eigenvalue weighted by Gasteiger charge is -2.09. The van der Waals surface area contributed by atoms with Gasteiger partial charge < -0.3 is 5.11 Å². The number of carboxylic acid groups (broad SMARTS) is 1. The van der Waals surface area contributed by atoms with Gasteiger partial charge in [-0.25, -0.2) is 22.0 Å². The lowest BCUT2D eigenvalue weighted by molar-refractivity contribution is 0.0703. The summed E-state index contributed by atoms with van der Waals surface area (Å²) in [5, 5.41) is 9.36. The maximum atomic E-state index is 14.0. The number of aromatic carboxylic acids is 1. The van der Waals surface area contributed by atoms with Crippen LogP contribution in [0.1, 0.15) is 9.67 Å². The van der Waals surface area contributed by atoms with Gasteiger partial charge in [0.25, 0.3) is 10.0 Å². The van der Waals surface area contributed by atoms with Crippen molar-refractivity contribution < 1.29 is 27.1 Å². The van der Waals surface area contributed by atoms with Gasteiger partial charge in [-0.05, 0) is 39.7 Å². The van der Waals surface area contributed by atoms with E-state index in [9.17, 15) is 27.1 Å². The van der Waals surface area contributed by atoms with Crippen molar-refractivity contribution >= 4 is 48.9 Å². The number of hydrogen-bond acceptors (Lipinski definition) is 4. The Balaban J connectivity index is 2.05. The van der Waals surface area contributed by atoms with Crippen molar-refractivity contribution in [2.75, 3.05) is 4.72 Å². The van der Waals surface area contributed by atoms with E-state index in [1.165, 1.54) is 6.07 Å². The first-order chi connectivity index (χ1) is 12.7. The Morgan fingerprint density at radius 1 is 1.07 bits per heavy atom. The third-order valence-corrected chi connectivity index (χ3v) is 6.65. The van der Waals surface area contributed by atoms with E-state index in [0.29, 0.717) is 22.6 Å². The summed E-state index contributed by atoms with van der Waals surface area (Å²) in [4.78, 5) is 10.8. The molecule has 0 fully saturated rings. The van der Waals surface area contributed by atoms with Crippen molar-refractivity contribution in [2.45, 2.75) is 4.90 Å². The molecule has 140 valence electrons. The molecule has 10 heteroatoms. The number of carboxylic acids is 1. The van der Waals surface area contributed by atoms with Crippen LogP contribution in [0.4, 0.5) is 14.5 Å². The summed E-state index contributed by atoms with van der Waals surface area (Å²) < 4.78 is 54.5. The van der Waals surface area contributed by atoms with E-state index in [0.717, 1.165) is 11.3 Å². The molecular weight excluding hydrogens is 464 g/mol. The first kappa shape index (κ1) is 19.5. The van der Waals surface area contributed by atoms with E-state index in [2.05, 4.69) is 15.9 Å². The summed E-state index contributed by atoms with van der Waals surface area (Å²) in [6.07, 6.45) is 0. The molecule has 0 bridgehead atoms. The Kier molecular flexibility index (Phi) is 5.31. The van der Waals surface area contributed by atoms with E-state index >= 15 is 0 Å². The lowest BCUT2D eigenvalue weighted by Crippen LogP contribution is -2.16. The molecule has 0 saturated heterocycles. The quantitative estimate of drug-likeness (QED) is 0.513. The summed E-state index contributed by atoms with van der Waals surface area (Å²) in [7, 11) is -4.55. The average molecular weight is 474 g/mol. The molecule has 2 aromatic carbocycles. The molecule has 0 aliphatic heterocycles. The fourth-order valence-electron chi connectivity index (χ4n) is 2.28. The number of sulfonamides is 1. The van der Waals surface area contributed by atoms with Gasteiger partial charge in [0.05, 0.1) is 10.2 Å². The molecular formula is C17H10BrF2NO4S2. The predicted octanol–water partition coefficient (Wildman–Crippen LogP) is 4.95. The van der Waals surface area contributed by atoms with E-state index in [4.69, 9.17) is 0 Å². The molecule has 0 spiro atoms. The maximum Gasteiger partial charge on any atom is 0.348 e. The zero-order valence-electron chi connectivity index (χ0n) is 13.2. The minimum atomic E-state index is -4.55. The van der Waals surface area contributed by atoms with Crippen LogP contribution in [0.25, 0.3) is 10.4 Å². The van der Waals surface area contributed by atoms with Gasteiger partial charge in [-0.15, -0.1) is 11.3 Å². The van der Waals surface area contributed by atoms with E-state index in [1.807, 2.05) is 4.72 Å². The highest BCUT2D eigenvalue weighted by Gasteiger charge is 2.25. The second-order valence-corrected chi connectivity index (χ2v) is 8.88. The van der Waals surface area contributed by atoms with Gasteiger partial charge >= 0.3 is 5.97 Å². The molecule has 0 radical (unpaired) electrons. The molecule has 2 N–H and O–H groups in total. The summed E-state index contributed by atoms with van der Waals surface area (Å²) in [5.41, 5.74) is 0.463. The zero-order valence-corrected chi connectivity index (χ0v) is 16.5. The van der Waals surface area contributed by atoms with E-state index < -0.39 is 32.5 Å². The van der Waals surface area contributed by atoms with Gasteiger partial charge in [-0.2, -0.15) is 0 Å². The van der Waals surface area contributed by atoms with Crippen LogP contribution < -0.4 is 4.72 Å². The number of carbonyl (C=O) groups is 1. The standard InChI is InChI=1S/C17H10BrF2NO4S2/c18-10-6-12(20)15(7-11(10)19)27(24,25)21-13-8-14(26-16(13)17(22)23)9-4-2-1-3-5-9/h1-8,21H,(H,22,23). The molecule has 3 aromatic rings. The van der Waals surface area contributed by atoms with Crippen LogP contribution in [-0.4, -0.2) is 19.5 Å². The SMILES string of the molecule is O=C(O)c1sc(-c2ccccc2)cc1NS(=O)(=O)c1cc(F)c(Br)cc1F. The molecule has 0 atom stereocenters. The Morgan fingerprint density at radius 3 is 2.37 bits per heavy atom. The highest BCUT2D eigenvalue weighted by molar-refractivity contribution is 9.10. The first-order valence-corrected chi connectivity index (χ1v) is 10.4. The number of halogens is 3. The monoisotopic (exact) mass is 473 g/mol. The maximum absolute atomic E-state index is 14.0. The molecule has 27 heavy (non-hydrogen) atoms. The molecule has 1 aromatic heterocycles. The summed E-state index contributed by atoms with van der Waals surface area (Å²) in [5.74, 6) is -3.49. The summed E-state index contributed by atoms with van der Waals surface area (Å²) in [6.45, 7) is 0. The third-order valence-electron chi connectivity index (χ3n) is 3.49. The van der Waals surface area contributed by atoms with Crippen LogP contribution in [0, 0.1) is 11.6 Å². The number of nitrogens with one attached hydrogen (secondary N) is 1. The van der Waals surface area contributed by atoms with Crippen molar-refractivity contribution in [1.29, 1.82) is 0 Å². The molecule has 0 aliphatic rings. The number of hydrogen-bond donors (Lipinski definition) is 2. The van der Waals surface area contributed by atoms with Crippen molar-refractivity contribution in [3.63, 3.8) is 0 Å². The van der Waals surface area contributed by atoms with Crippen molar-refractivity contribution in [1.82, 2.24) is 0 Å². The van der Waals surface area contributed by atoms with Crippen LogP contribution in [0.15, 0.2) is 57.9 Å². The van der Waals surface area contributed by atoms with Crippen LogP contribution >= 0.6 is 27.3 Å². The molecule has 0 unspecified atom stereocenters. The van der Waals surface area contributed by atoms with Crippen LogP contribution in [0.5, 0.6) is 0 Å². The van der Waals surface area contributed by atoms with Crippen molar-refractivity contribution in [2.24, 2.45) is 0 Å². The highest BCUT2D eigenvalue weighted by atomic mass is 79.9. The average Bonchev–Trinajstić information content (AvgIpc) is 3.02. The van der Waals surface area contributed by atoms with Crippen LogP contribution in [0.3, 0.4) is 0 Å². The molecule has 0 saturated carbocycles. The second-order valence-electron chi connectivity index (χ2n) is 5.33. The third kappa shape index (κ3) is 4.02. The fourth-order valence-corrected chi connectivity index (χ4v) is 4.75. The number of anilines is 1. The largest absolute Gasteiger partial charge is 0.477 e. The number of thiophene rings is 1. The van der Waals surface area contributed by atoms with Crippen molar-refractivity contribution in [3.8, 4) is 10.4 Å². The van der Waals surface area contributed by atoms with Crippen LogP contribution in [-0.2, 0) is 10.0 Å². The van der Waals surface area contributed by atoms with Gasteiger partial charge in [-0.3, -0.25) is 4.72 Å². The van der Waals surface area contributed by atoms with E-state index in [1.54, 1.807) is 30.3 Å². The molecule has 3 rings (SSSR count). The van der Waals surface area contributed by atoms with E-state index in [-0.39, 0.29) is 15.0 Å². The van der Waals surface area contributed by atoms with Crippen molar-refractivity contribution in [3.05, 3.63) is 69.5 Å². The Bertz CT molecular complexity index is 1130. The first-order valence-electron chi connectivity index (χ1n) is 7.29. The molecule has 0 amide bonds. The molecule has 0 aliphatic carbocycles. The minimum absolute atomic E-state index is 0.228. The Morgan fingerprint density at radius 2 is 1.74 bits per heavy atom. The smallest absolute Gasteiger partial charge is 0.348 e. The second kappa shape index (κ2) is 7.37. The minimum Gasteiger partial charge on any atom is -0.477 e. The van der Waals surface area contributed by atoms with Gasteiger partial charge in [0.15, 0.2) is 0 Å². The normalized spacial score (nSPS) is 11.4. The number of rotatable bonds is 5. The number of benzene rings is 2. The summed E-state index contributed by atoms with van der Waals surface area (Å²) in [6, 6.07) is 11.3. The van der Waals surface area contributed by atoms with Gasteiger partial charge in [0.2, 0.25) is 0 Å².